The second-order valence-corrected chi connectivity index (χ2v) is 2.80. The van der Waals surface area contributed by atoms with Crippen LogP contribution in [0.2, 0.25) is 0 Å². The van der Waals surface area contributed by atoms with Crippen molar-refractivity contribution in [3.8, 4) is 5.75 Å². The predicted molar refractivity (Wildman–Crippen MR) is 47.1 cm³/mol. The molecule has 0 aliphatic carbocycles. The molecule has 1 aromatic rings. The van der Waals surface area contributed by atoms with Gasteiger partial charge in [-0.05, 0) is 24.1 Å². The summed E-state index contributed by atoms with van der Waals surface area (Å²) in [6.45, 7) is 0. The second kappa shape index (κ2) is 4.35. The molecule has 14 heavy (non-hydrogen) atoms. The Labute approximate surface area is 80.5 Å². The molecule has 0 fully saturated rings. The Balaban J connectivity index is 2.52. The molecule has 0 bridgehead atoms. The van der Waals surface area contributed by atoms with Crippen molar-refractivity contribution in [2.45, 2.75) is 12.6 Å². The van der Waals surface area contributed by atoms with Gasteiger partial charge in [0.05, 0.1) is 13.5 Å². The molecule has 0 saturated carbocycles. The summed E-state index contributed by atoms with van der Waals surface area (Å²) in [5.41, 5.74) is 0.545. The number of ether oxygens (including phenoxy) is 1. The highest BCUT2D eigenvalue weighted by atomic mass is 19.4. The van der Waals surface area contributed by atoms with E-state index in [1.54, 1.807) is 24.3 Å². The lowest BCUT2D eigenvalue weighted by molar-refractivity contribution is -0.127. The molecule has 1 nitrogen and oxygen atoms in total. The van der Waals surface area contributed by atoms with Gasteiger partial charge in [-0.25, -0.2) is 0 Å². The highest BCUT2D eigenvalue weighted by Crippen LogP contribution is 2.24. The Morgan fingerprint density at radius 1 is 1.21 bits per heavy atom. The normalized spacial score (nSPS) is 11.4. The smallest absolute Gasteiger partial charge is 0.389 e. The highest BCUT2D eigenvalue weighted by Gasteiger charge is 2.26. The van der Waals surface area contributed by atoms with Crippen LogP contribution in [0.4, 0.5) is 13.2 Å². The molecule has 0 aliphatic rings. The van der Waals surface area contributed by atoms with Crippen LogP contribution in [0.25, 0.3) is 0 Å². The fourth-order valence-electron chi connectivity index (χ4n) is 0.974. The summed E-state index contributed by atoms with van der Waals surface area (Å²) in [7, 11) is 1.51. The topological polar surface area (TPSA) is 9.23 Å². The molecule has 1 aromatic carbocycles. The number of benzene rings is 1. The van der Waals surface area contributed by atoms with E-state index in [0.717, 1.165) is 6.42 Å². The van der Waals surface area contributed by atoms with Crippen LogP contribution in [-0.2, 0) is 0 Å². The first-order valence-corrected chi connectivity index (χ1v) is 4.05. The number of halogens is 3. The molecule has 0 spiro atoms. The SMILES string of the molecule is COc1ccc([CH]CC(F)(F)F)cc1. The summed E-state index contributed by atoms with van der Waals surface area (Å²) in [5.74, 6) is 0.633. The first-order chi connectivity index (χ1) is 6.51. The summed E-state index contributed by atoms with van der Waals surface area (Å²) in [6, 6.07) is 6.43. The fraction of sp³-hybridized carbons (Fsp3) is 0.300. The quantitative estimate of drug-likeness (QED) is 0.733. The van der Waals surface area contributed by atoms with Crippen molar-refractivity contribution in [3.63, 3.8) is 0 Å². The Morgan fingerprint density at radius 3 is 2.21 bits per heavy atom. The van der Waals surface area contributed by atoms with Crippen molar-refractivity contribution < 1.29 is 17.9 Å². The van der Waals surface area contributed by atoms with E-state index in [1.165, 1.54) is 7.11 Å². The van der Waals surface area contributed by atoms with Crippen LogP contribution < -0.4 is 4.74 Å². The van der Waals surface area contributed by atoms with Crippen LogP contribution in [-0.4, -0.2) is 13.3 Å². The number of rotatable bonds is 3. The molecule has 1 rings (SSSR count). The van der Waals surface area contributed by atoms with Crippen molar-refractivity contribution >= 4 is 0 Å². The predicted octanol–water partition coefficient (Wildman–Crippen LogP) is 3.20. The monoisotopic (exact) mass is 203 g/mol. The maximum atomic E-state index is 11.8. The van der Waals surface area contributed by atoms with Gasteiger partial charge in [-0.1, -0.05) is 12.1 Å². The van der Waals surface area contributed by atoms with Gasteiger partial charge in [0.15, 0.2) is 0 Å². The average Bonchev–Trinajstić information content (AvgIpc) is 2.14. The zero-order chi connectivity index (χ0) is 10.6. The minimum Gasteiger partial charge on any atom is -0.497 e. The molecule has 0 aromatic heterocycles. The van der Waals surface area contributed by atoms with Crippen LogP contribution in [0.1, 0.15) is 12.0 Å². The minimum absolute atomic E-state index is 0.545. The van der Waals surface area contributed by atoms with E-state index in [1.807, 2.05) is 0 Å². The van der Waals surface area contributed by atoms with Crippen LogP contribution in [0.5, 0.6) is 5.75 Å². The van der Waals surface area contributed by atoms with Crippen molar-refractivity contribution in [1.29, 1.82) is 0 Å². The van der Waals surface area contributed by atoms with Crippen LogP contribution >= 0.6 is 0 Å². The van der Waals surface area contributed by atoms with Crippen LogP contribution in [0.3, 0.4) is 0 Å². The molecule has 77 valence electrons. The third-order valence-corrected chi connectivity index (χ3v) is 1.69. The molecule has 1 radical (unpaired) electrons. The first kappa shape index (κ1) is 10.9. The lowest BCUT2D eigenvalue weighted by Gasteiger charge is -2.06. The maximum absolute atomic E-state index is 11.8. The fourth-order valence-corrected chi connectivity index (χ4v) is 0.974. The lowest BCUT2D eigenvalue weighted by atomic mass is 10.1. The summed E-state index contributed by atoms with van der Waals surface area (Å²) < 4.78 is 40.4. The maximum Gasteiger partial charge on any atom is 0.389 e. The van der Waals surface area contributed by atoms with Gasteiger partial charge >= 0.3 is 6.18 Å². The van der Waals surface area contributed by atoms with E-state index in [0.29, 0.717) is 11.3 Å². The van der Waals surface area contributed by atoms with Crippen LogP contribution in [0, 0.1) is 6.42 Å². The average molecular weight is 203 g/mol. The number of alkyl halides is 3. The van der Waals surface area contributed by atoms with Gasteiger partial charge in [0.25, 0.3) is 0 Å². The van der Waals surface area contributed by atoms with Crippen molar-refractivity contribution in [3.05, 3.63) is 36.2 Å². The molecule has 4 heteroatoms. The minimum atomic E-state index is -4.14. The highest BCUT2D eigenvalue weighted by molar-refractivity contribution is 5.31. The van der Waals surface area contributed by atoms with E-state index >= 15 is 0 Å². The van der Waals surface area contributed by atoms with Crippen LogP contribution in [0.15, 0.2) is 24.3 Å². The largest absolute Gasteiger partial charge is 0.497 e. The van der Waals surface area contributed by atoms with Gasteiger partial charge in [-0.15, -0.1) is 0 Å². The number of hydrogen-bond acceptors (Lipinski definition) is 1. The van der Waals surface area contributed by atoms with E-state index in [-0.39, 0.29) is 0 Å². The molecule has 0 saturated heterocycles. The number of hydrogen-bond donors (Lipinski definition) is 0. The Bertz CT molecular complexity index is 276. The second-order valence-electron chi connectivity index (χ2n) is 2.80. The molecular weight excluding hydrogens is 193 g/mol. The van der Waals surface area contributed by atoms with Gasteiger partial charge in [0.2, 0.25) is 0 Å². The van der Waals surface area contributed by atoms with Gasteiger partial charge in [0.1, 0.15) is 5.75 Å². The van der Waals surface area contributed by atoms with Gasteiger partial charge < -0.3 is 4.74 Å². The summed E-state index contributed by atoms with van der Waals surface area (Å²) >= 11 is 0. The Morgan fingerprint density at radius 2 is 1.79 bits per heavy atom. The Kier molecular flexibility index (Phi) is 3.38. The van der Waals surface area contributed by atoms with Gasteiger partial charge in [-0.3, -0.25) is 0 Å². The molecular formula is C10H10F3O. The lowest BCUT2D eigenvalue weighted by Crippen LogP contribution is -2.07. The van der Waals surface area contributed by atoms with Crippen molar-refractivity contribution in [2.75, 3.05) is 7.11 Å². The molecule has 0 unspecified atom stereocenters. The summed E-state index contributed by atoms with van der Waals surface area (Å²) in [6.07, 6.45) is -3.90. The summed E-state index contributed by atoms with van der Waals surface area (Å²) in [5, 5.41) is 0. The van der Waals surface area contributed by atoms with E-state index < -0.39 is 12.6 Å². The zero-order valence-corrected chi connectivity index (χ0v) is 7.64. The third kappa shape index (κ3) is 3.68. The van der Waals surface area contributed by atoms with Crippen molar-refractivity contribution in [1.82, 2.24) is 0 Å². The Hall–Kier alpha value is -1.19. The van der Waals surface area contributed by atoms with E-state index in [2.05, 4.69) is 0 Å². The summed E-state index contributed by atoms with van der Waals surface area (Å²) in [4.78, 5) is 0. The number of methoxy groups -OCH3 is 1. The standard InChI is InChI=1S/C10H10F3O/c1-14-9-4-2-8(3-5-9)6-7-10(11,12)13/h2-6H,7H2,1H3. The van der Waals surface area contributed by atoms with E-state index in [9.17, 15) is 13.2 Å². The molecule has 0 amide bonds. The van der Waals surface area contributed by atoms with Crippen molar-refractivity contribution in [2.24, 2.45) is 0 Å². The molecule has 0 heterocycles. The van der Waals surface area contributed by atoms with E-state index in [4.69, 9.17) is 4.74 Å². The van der Waals surface area contributed by atoms with Gasteiger partial charge in [0, 0.05) is 0 Å². The third-order valence-electron chi connectivity index (χ3n) is 1.69. The zero-order valence-electron chi connectivity index (χ0n) is 7.64. The molecule has 0 atom stereocenters. The molecule has 0 aliphatic heterocycles. The molecule has 0 N–H and O–H groups in total. The first-order valence-electron chi connectivity index (χ1n) is 4.05. The van der Waals surface area contributed by atoms with Gasteiger partial charge in [-0.2, -0.15) is 13.2 Å².